The van der Waals surface area contributed by atoms with Crippen molar-refractivity contribution in [2.75, 3.05) is 10.6 Å². The van der Waals surface area contributed by atoms with E-state index in [2.05, 4.69) is 15.4 Å². The van der Waals surface area contributed by atoms with Gasteiger partial charge in [-0.05, 0) is 64.1 Å². The quantitative estimate of drug-likeness (QED) is 0.694. The molecule has 0 spiro atoms. The first-order valence-electron chi connectivity index (χ1n) is 8.44. The second-order valence-electron chi connectivity index (χ2n) is 6.52. The Morgan fingerprint density at radius 2 is 1.42 bits per heavy atom. The molecule has 6 nitrogen and oxygen atoms in total. The molecule has 1 unspecified atom stereocenters. The van der Waals surface area contributed by atoms with Crippen LogP contribution in [0.4, 0.5) is 11.4 Å². The van der Waals surface area contributed by atoms with Crippen LogP contribution in [0.5, 0.6) is 0 Å². The molecule has 1 atom stereocenters. The second-order valence-corrected chi connectivity index (χ2v) is 8.24. The molecule has 0 aliphatic carbocycles. The average molecular weight is 375 g/mol. The fraction of sp³-hybridized carbons (Fsp3) is 0.316. The van der Waals surface area contributed by atoms with Crippen LogP contribution in [-0.2, 0) is 14.8 Å². The van der Waals surface area contributed by atoms with Gasteiger partial charge in [0, 0.05) is 17.4 Å². The Hall–Kier alpha value is -2.38. The van der Waals surface area contributed by atoms with Crippen molar-refractivity contribution >= 4 is 27.3 Å². The largest absolute Gasteiger partial charge is 0.374 e. The predicted octanol–water partition coefficient (Wildman–Crippen LogP) is 3.12. The lowest BCUT2D eigenvalue weighted by Gasteiger charge is -2.16. The van der Waals surface area contributed by atoms with Crippen molar-refractivity contribution in [3.05, 3.63) is 54.1 Å². The standard InChI is InChI=1S/C19H25N3O3S/c1-13(2)22-26(24,25)18-11-9-17(10-12-18)21-19(23)15(4)20-16-7-5-14(3)6-8-16/h5-13,15,20,22H,1-4H3,(H,21,23). The molecule has 0 radical (unpaired) electrons. The van der Waals surface area contributed by atoms with Gasteiger partial charge in [0.15, 0.2) is 0 Å². The predicted molar refractivity (Wildman–Crippen MR) is 105 cm³/mol. The van der Waals surface area contributed by atoms with Crippen LogP contribution in [0.15, 0.2) is 53.4 Å². The Kier molecular flexibility index (Phi) is 6.39. The van der Waals surface area contributed by atoms with Crippen molar-refractivity contribution in [1.82, 2.24) is 4.72 Å². The Morgan fingerprint density at radius 1 is 0.885 bits per heavy atom. The summed E-state index contributed by atoms with van der Waals surface area (Å²) in [5, 5.41) is 5.90. The van der Waals surface area contributed by atoms with Crippen molar-refractivity contribution in [2.24, 2.45) is 0 Å². The van der Waals surface area contributed by atoms with Gasteiger partial charge in [-0.3, -0.25) is 4.79 Å². The van der Waals surface area contributed by atoms with Crippen LogP contribution in [0.1, 0.15) is 26.3 Å². The van der Waals surface area contributed by atoms with Gasteiger partial charge in [0.2, 0.25) is 15.9 Å². The van der Waals surface area contributed by atoms with Crippen molar-refractivity contribution in [1.29, 1.82) is 0 Å². The van der Waals surface area contributed by atoms with E-state index in [1.165, 1.54) is 12.1 Å². The number of benzene rings is 2. The summed E-state index contributed by atoms with van der Waals surface area (Å²) in [5.41, 5.74) is 2.55. The highest BCUT2D eigenvalue weighted by atomic mass is 32.2. The summed E-state index contributed by atoms with van der Waals surface area (Å²) in [6, 6.07) is 13.2. The maximum atomic E-state index is 12.3. The molecule has 0 fully saturated rings. The number of nitrogens with one attached hydrogen (secondary N) is 3. The Balaban J connectivity index is 1.99. The van der Waals surface area contributed by atoms with Gasteiger partial charge in [-0.2, -0.15) is 0 Å². The molecular weight excluding hydrogens is 350 g/mol. The Labute approximate surface area is 155 Å². The van der Waals surface area contributed by atoms with Gasteiger partial charge < -0.3 is 10.6 Å². The first-order valence-corrected chi connectivity index (χ1v) is 9.92. The van der Waals surface area contributed by atoms with Gasteiger partial charge >= 0.3 is 0 Å². The molecule has 1 amide bonds. The minimum absolute atomic E-state index is 0.162. The van der Waals surface area contributed by atoms with E-state index in [0.29, 0.717) is 5.69 Å². The molecule has 0 aliphatic heterocycles. The molecule has 26 heavy (non-hydrogen) atoms. The highest BCUT2D eigenvalue weighted by Crippen LogP contribution is 2.15. The summed E-state index contributed by atoms with van der Waals surface area (Å²) in [6.45, 7) is 7.28. The first kappa shape index (κ1) is 19.9. The van der Waals surface area contributed by atoms with Gasteiger partial charge in [0.25, 0.3) is 0 Å². The minimum Gasteiger partial charge on any atom is -0.374 e. The van der Waals surface area contributed by atoms with E-state index in [9.17, 15) is 13.2 Å². The molecule has 2 aromatic carbocycles. The van der Waals surface area contributed by atoms with Gasteiger partial charge in [-0.15, -0.1) is 0 Å². The van der Waals surface area contributed by atoms with E-state index in [1.807, 2.05) is 31.2 Å². The zero-order valence-electron chi connectivity index (χ0n) is 15.4. The summed E-state index contributed by atoms with van der Waals surface area (Å²) in [6.07, 6.45) is 0. The lowest BCUT2D eigenvalue weighted by Crippen LogP contribution is -2.32. The molecule has 0 saturated carbocycles. The summed E-state index contributed by atoms with van der Waals surface area (Å²) in [4.78, 5) is 12.5. The van der Waals surface area contributed by atoms with E-state index in [4.69, 9.17) is 0 Å². The SMILES string of the molecule is Cc1ccc(NC(C)C(=O)Nc2ccc(S(=O)(=O)NC(C)C)cc2)cc1. The Morgan fingerprint density at radius 3 is 1.96 bits per heavy atom. The fourth-order valence-electron chi connectivity index (χ4n) is 2.31. The lowest BCUT2D eigenvalue weighted by atomic mass is 10.2. The number of rotatable bonds is 7. The van der Waals surface area contributed by atoms with Crippen LogP contribution >= 0.6 is 0 Å². The van der Waals surface area contributed by atoms with Gasteiger partial charge in [0.05, 0.1) is 4.90 Å². The molecule has 2 aromatic rings. The van der Waals surface area contributed by atoms with E-state index < -0.39 is 16.1 Å². The van der Waals surface area contributed by atoms with Gasteiger partial charge in [-0.1, -0.05) is 17.7 Å². The monoisotopic (exact) mass is 375 g/mol. The smallest absolute Gasteiger partial charge is 0.246 e. The third-order valence-corrected chi connectivity index (χ3v) is 5.33. The Bertz CT molecular complexity index is 845. The number of aryl methyl sites for hydroxylation is 1. The van der Waals surface area contributed by atoms with Crippen LogP contribution in [0.2, 0.25) is 0 Å². The molecule has 2 rings (SSSR count). The summed E-state index contributed by atoms with van der Waals surface area (Å²) in [7, 11) is -3.54. The normalized spacial score (nSPS) is 12.7. The van der Waals surface area contributed by atoms with Crippen molar-refractivity contribution in [3.8, 4) is 0 Å². The lowest BCUT2D eigenvalue weighted by molar-refractivity contribution is -0.116. The molecule has 3 N–H and O–H groups in total. The number of anilines is 2. The maximum Gasteiger partial charge on any atom is 0.246 e. The van der Waals surface area contributed by atoms with Crippen LogP contribution < -0.4 is 15.4 Å². The number of hydrogen-bond acceptors (Lipinski definition) is 4. The van der Waals surface area contributed by atoms with E-state index in [-0.39, 0.29) is 16.8 Å². The minimum atomic E-state index is -3.54. The van der Waals surface area contributed by atoms with Crippen LogP contribution in [0, 0.1) is 6.92 Å². The highest BCUT2D eigenvalue weighted by molar-refractivity contribution is 7.89. The zero-order chi connectivity index (χ0) is 19.3. The highest BCUT2D eigenvalue weighted by Gasteiger charge is 2.16. The van der Waals surface area contributed by atoms with E-state index in [0.717, 1.165) is 11.3 Å². The second kappa shape index (κ2) is 8.33. The first-order chi connectivity index (χ1) is 12.2. The molecular formula is C19H25N3O3S. The van der Waals surface area contributed by atoms with Crippen LogP contribution in [0.25, 0.3) is 0 Å². The number of carbonyl (C=O) groups is 1. The van der Waals surface area contributed by atoms with Crippen LogP contribution in [0.3, 0.4) is 0 Å². The summed E-state index contributed by atoms with van der Waals surface area (Å²) >= 11 is 0. The van der Waals surface area contributed by atoms with Crippen molar-refractivity contribution in [3.63, 3.8) is 0 Å². The zero-order valence-corrected chi connectivity index (χ0v) is 16.2. The van der Waals surface area contributed by atoms with Gasteiger partial charge in [-0.25, -0.2) is 13.1 Å². The molecule has 0 bridgehead atoms. The van der Waals surface area contributed by atoms with Gasteiger partial charge in [0.1, 0.15) is 6.04 Å². The summed E-state index contributed by atoms with van der Waals surface area (Å²) < 4.78 is 26.7. The average Bonchev–Trinajstić information content (AvgIpc) is 2.56. The van der Waals surface area contributed by atoms with E-state index >= 15 is 0 Å². The molecule has 0 aliphatic rings. The van der Waals surface area contributed by atoms with Crippen LogP contribution in [-0.4, -0.2) is 26.4 Å². The summed E-state index contributed by atoms with van der Waals surface area (Å²) in [5.74, 6) is -0.207. The van der Waals surface area contributed by atoms with Crippen molar-refractivity contribution in [2.45, 2.75) is 44.7 Å². The number of sulfonamides is 1. The topological polar surface area (TPSA) is 87.3 Å². The molecule has 0 aromatic heterocycles. The molecule has 0 saturated heterocycles. The fourth-order valence-corrected chi connectivity index (χ4v) is 3.56. The number of amides is 1. The molecule has 7 heteroatoms. The third-order valence-electron chi connectivity index (χ3n) is 3.65. The maximum absolute atomic E-state index is 12.3. The van der Waals surface area contributed by atoms with Crippen molar-refractivity contribution < 1.29 is 13.2 Å². The molecule has 140 valence electrons. The molecule has 0 heterocycles. The number of hydrogen-bond donors (Lipinski definition) is 3. The van der Waals surface area contributed by atoms with E-state index in [1.54, 1.807) is 32.9 Å². The third kappa shape index (κ3) is 5.57. The number of carbonyl (C=O) groups excluding carboxylic acids is 1.